The topological polar surface area (TPSA) is 15.3 Å². The second kappa shape index (κ2) is 12.0. The molecule has 2 heteroatoms. The van der Waals surface area contributed by atoms with Crippen LogP contribution in [0.1, 0.15) is 56.6 Å². The van der Waals surface area contributed by atoms with Crippen LogP contribution in [0.15, 0.2) is 60.7 Å². The molecule has 1 N–H and O–H groups in total. The Balaban J connectivity index is 2.10. The Labute approximate surface area is 173 Å². The molecule has 0 amide bonds. The van der Waals surface area contributed by atoms with Crippen LogP contribution in [0.5, 0.6) is 0 Å². The van der Waals surface area contributed by atoms with Gasteiger partial charge >= 0.3 is 0 Å². The van der Waals surface area contributed by atoms with E-state index in [1.54, 1.807) is 0 Å². The van der Waals surface area contributed by atoms with Crippen LogP contribution in [0.3, 0.4) is 0 Å². The van der Waals surface area contributed by atoms with Gasteiger partial charge in [0.25, 0.3) is 0 Å². The fourth-order valence-electron chi connectivity index (χ4n) is 4.44. The first-order chi connectivity index (χ1) is 13.6. The number of nitrogens with zero attached hydrogens (tertiary/aromatic N) is 1. The molecule has 2 aromatic carbocycles. The number of nitrogens with one attached hydrogen (secondary N) is 1. The molecule has 2 rings (SSSR count). The molecule has 0 radical (unpaired) electrons. The van der Waals surface area contributed by atoms with Gasteiger partial charge in [0, 0.05) is 18.0 Å². The highest BCUT2D eigenvalue weighted by atomic mass is 15.1. The molecule has 0 aliphatic carbocycles. The van der Waals surface area contributed by atoms with E-state index < -0.39 is 0 Å². The van der Waals surface area contributed by atoms with E-state index in [0.29, 0.717) is 6.04 Å². The van der Waals surface area contributed by atoms with Crippen LogP contribution in [-0.2, 0) is 11.8 Å². The molecule has 0 saturated heterocycles. The van der Waals surface area contributed by atoms with Gasteiger partial charge in [0.05, 0.1) is 0 Å². The second-order valence-corrected chi connectivity index (χ2v) is 8.54. The zero-order valence-corrected chi connectivity index (χ0v) is 18.5. The van der Waals surface area contributed by atoms with E-state index in [9.17, 15) is 0 Å². The van der Waals surface area contributed by atoms with E-state index in [-0.39, 0.29) is 5.41 Å². The molecule has 154 valence electrons. The van der Waals surface area contributed by atoms with Gasteiger partial charge < -0.3 is 10.2 Å². The van der Waals surface area contributed by atoms with E-state index >= 15 is 0 Å². The minimum atomic E-state index is 0.239. The Morgan fingerprint density at radius 3 is 2.11 bits per heavy atom. The van der Waals surface area contributed by atoms with Crippen LogP contribution >= 0.6 is 0 Å². The number of likely N-dealkylation sites (N-methyl/N-ethyl adjacent to an activating group) is 1. The largest absolute Gasteiger partial charge is 0.317 e. The minimum absolute atomic E-state index is 0.239. The number of hydrogen-bond donors (Lipinski definition) is 1. The van der Waals surface area contributed by atoms with Crippen LogP contribution in [0.2, 0.25) is 0 Å². The van der Waals surface area contributed by atoms with E-state index in [2.05, 4.69) is 98.9 Å². The van der Waals surface area contributed by atoms with E-state index in [1.165, 1.54) is 49.7 Å². The van der Waals surface area contributed by atoms with Crippen LogP contribution in [0.4, 0.5) is 0 Å². The fraction of sp³-hybridized carbons (Fsp3) is 0.538. The third kappa shape index (κ3) is 7.07. The first-order valence-corrected chi connectivity index (χ1v) is 11.0. The summed E-state index contributed by atoms with van der Waals surface area (Å²) in [4.78, 5) is 2.38. The summed E-state index contributed by atoms with van der Waals surface area (Å²) in [5.74, 6) is 0. The third-order valence-electron chi connectivity index (χ3n) is 6.02. The lowest BCUT2D eigenvalue weighted by Gasteiger charge is -2.38. The van der Waals surface area contributed by atoms with Crippen molar-refractivity contribution < 1.29 is 0 Å². The van der Waals surface area contributed by atoms with Crippen molar-refractivity contribution in [3.63, 3.8) is 0 Å². The zero-order valence-electron chi connectivity index (χ0n) is 18.5. The van der Waals surface area contributed by atoms with Crippen molar-refractivity contribution in [1.29, 1.82) is 0 Å². The lowest BCUT2D eigenvalue weighted by atomic mass is 9.71. The SMILES string of the molecule is CCCCC(CCC(CCc1ccccc1)NC)(CN(C)C)c1ccccc1. The minimum Gasteiger partial charge on any atom is -0.317 e. The first kappa shape index (κ1) is 22.6. The van der Waals surface area contributed by atoms with Gasteiger partial charge in [0.1, 0.15) is 0 Å². The molecule has 2 atom stereocenters. The van der Waals surface area contributed by atoms with Crippen molar-refractivity contribution in [3.05, 3.63) is 71.8 Å². The van der Waals surface area contributed by atoms with Crippen LogP contribution in [0, 0.1) is 0 Å². The van der Waals surface area contributed by atoms with Gasteiger partial charge in [-0.15, -0.1) is 0 Å². The van der Waals surface area contributed by atoms with Crippen molar-refractivity contribution in [2.75, 3.05) is 27.7 Å². The molecule has 0 aliphatic heterocycles. The molecule has 0 aliphatic rings. The molecule has 0 aromatic heterocycles. The lowest BCUT2D eigenvalue weighted by Crippen LogP contribution is -2.39. The predicted molar refractivity (Wildman–Crippen MR) is 123 cm³/mol. The van der Waals surface area contributed by atoms with Gasteiger partial charge in [-0.1, -0.05) is 80.4 Å². The highest BCUT2D eigenvalue weighted by Gasteiger charge is 2.32. The molecule has 0 fully saturated rings. The lowest BCUT2D eigenvalue weighted by molar-refractivity contribution is 0.233. The summed E-state index contributed by atoms with van der Waals surface area (Å²) < 4.78 is 0. The predicted octanol–water partition coefficient (Wildman–Crippen LogP) is 5.68. The Morgan fingerprint density at radius 1 is 0.893 bits per heavy atom. The van der Waals surface area contributed by atoms with Crippen LogP contribution < -0.4 is 5.32 Å². The third-order valence-corrected chi connectivity index (χ3v) is 6.02. The maximum Gasteiger partial charge on any atom is 0.00806 e. The number of unbranched alkanes of at least 4 members (excludes halogenated alkanes) is 1. The smallest absolute Gasteiger partial charge is 0.00806 e. The van der Waals surface area contributed by atoms with Gasteiger partial charge in [0.2, 0.25) is 0 Å². The Bertz CT molecular complexity index is 638. The maximum atomic E-state index is 3.59. The van der Waals surface area contributed by atoms with Crippen molar-refractivity contribution in [1.82, 2.24) is 10.2 Å². The van der Waals surface area contributed by atoms with E-state index in [4.69, 9.17) is 0 Å². The molecule has 0 saturated carbocycles. The standard InChI is InChI=1S/C26H40N2/c1-5-6-20-26(22-28(3)4,24-15-11-8-12-16-24)21-19-25(27-2)18-17-23-13-9-7-10-14-23/h7-16,25,27H,5-6,17-22H2,1-4H3. The summed E-state index contributed by atoms with van der Waals surface area (Å²) in [7, 11) is 6.56. The van der Waals surface area contributed by atoms with Crippen LogP contribution in [0.25, 0.3) is 0 Å². The molecule has 2 aromatic rings. The van der Waals surface area contributed by atoms with E-state index in [0.717, 1.165) is 13.0 Å². The molecular formula is C26H40N2. The van der Waals surface area contributed by atoms with Crippen LogP contribution in [-0.4, -0.2) is 38.6 Å². The Hall–Kier alpha value is -1.64. The maximum absolute atomic E-state index is 3.59. The number of benzene rings is 2. The highest BCUT2D eigenvalue weighted by molar-refractivity contribution is 5.26. The number of rotatable bonds is 13. The van der Waals surface area contributed by atoms with Gasteiger partial charge in [-0.3, -0.25) is 0 Å². The Morgan fingerprint density at radius 2 is 1.54 bits per heavy atom. The number of aryl methyl sites for hydroxylation is 1. The quantitative estimate of drug-likeness (QED) is 0.481. The molecule has 0 spiro atoms. The van der Waals surface area contributed by atoms with E-state index in [1.807, 2.05) is 0 Å². The van der Waals surface area contributed by atoms with Crippen molar-refractivity contribution in [2.45, 2.75) is 63.3 Å². The Kier molecular flexibility index (Phi) is 9.73. The summed E-state index contributed by atoms with van der Waals surface area (Å²) in [5, 5.41) is 3.59. The average Bonchev–Trinajstić information content (AvgIpc) is 2.73. The summed E-state index contributed by atoms with van der Waals surface area (Å²) in [6.45, 7) is 3.42. The fourth-order valence-corrected chi connectivity index (χ4v) is 4.44. The second-order valence-electron chi connectivity index (χ2n) is 8.54. The highest BCUT2D eigenvalue weighted by Crippen LogP contribution is 2.36. The first-order valence-electron chi connectivity index (χ1n) is 11.0. The van der Waals surface area contributed by atoms with Crippen molar-refractivity contribution in [2.24, 2.45) is 0 Å². The zero-order chi connectivity index (χ0) is 20.2. The van der Waals surface area contributed by atoms with Gasteiger partial charge in [-0.2, -0.15) is 0 Å². The average molecular weight is 381 g/mol. The molecule has 2 unspecified atom stereocenters. The molecule has 0 bridgehead atoms. The summed E-state index contributed by atoms with van der Waals surface area (Å²) >= 11 is 0. The monoisotopic (exact) mass is 380 g/mol. The molecule has 2 nitrogen and oxygen atoms in total. The molecule has 0 heterocycles. The van der Waals surface area contributed by atoms with Gasteiger partial charge in [-0.25, -0.2) is 0 Å². The molecule has 28 heavy (non-hydrogen) atoms. The molecular weight excluding hydrogens is 340 g/mol. The van der Waals surface area contributed by atoms with Gasteiger partial charge in [0.15, 0.2) is 0 Å². The van der Waals surface area contributed by atoms with Crippen molar-refractivity contribution in [3.8, 4) is 0 Å². The van der Waals surface area contributed by atoms with Crippen molar-refractivity contribution >= 4 is 0 Å². The number of hydrogen-bond acceptors (Lipinski definition) is 2. The normalized spacial score (nSPS) is 14.8. The van der Waals surface area contributed by atoms with Gasteiger partial charge in [-0.05, 0) is 64.4 Å². The summed E-state index contributed by atoms with van der Waals surface area (Å²) in [5.41, 5.74) is 3.19. The summed E-state index contributed by atoms with van der Waals surface area (Å²) in [6.07, 6.45) is 8.60. The summed E-state index contributed by atoms with van der Waals surface area (Å²) in [6, 6.07) is 22.7.